The zero-order valence-corrected chi connectivity index (χ0v) is 15.2. The molecule has 8 heteroatoms. The molecule has 1 amide bonds. The molecule has 3 atom stereocenters. The van der Waals surface area contributed by atoms with Crippen LogP contribution in [0, 0.1) is 3.83 Å². The second-order valence-corrected chi connectivity index (χ2v) is 7.56. The van der Waals surface area contributed by atoms with Gasteiger partial charge in [0.05, 0.1) is 24.0 Å². The number of nitrogens with zero attached hydrogens (tertiary/aromatic N) is 2. The third-order valence-electron chi connectivity index (χ3n) is 3.69. The van der Waals surface area contributed by atoms with Gasteiger partial charge in [-0.2, -0.15) is 0 Å². The predicted molar refractivity (Wildman–Crippen MR) is 86.2 cm³/mol. The fourth-order valence-electron chi connectivity index (χ4n) is 2.69. The molecule has 122 valence electrons. The van der Waals surface area contributed by atoms with Crippen molar-refractivity contribution < 1.29 is 19.0 Å². The lowest BCUT2D eigenvalue weighted by Gasteiger charge is -2.35. The first kappa shape index (κ1) is 16.0. The fraction of sp³-hybridized carbons (Fsp3) is 0.714. The molecule has 2 aliphatic rings. The number of nitrogens with one attached hydrogen (secondary N) is 1. The molecular weight excluding hydrogens is 401 g/mol. The van der Waals surface area contributed by atoms with E-state index in [0.717, 1.165) is 15.2 Å². The molecule has 2 aliphatic heterocycles. The van der Waals surface area contributed by atoms with Gasteiger partial charge in [0.15, 0.2) is 10.1 Å². The Bertz CT molecular complexity index is 583. The predicted octanol–water partition coefficient (Wildman–Crippen LogP) is 2.05. The first-order valence-electron chi connectivity index (χ1n) is 7.19. The number of carbonyl (C=O) groups excluding carboxylic acids is 1. The van der Waals surface area contributed by atoms with Crippen molar-refractivity contribution >= 4 is 28.7 Å². The Kier molecular flexibility index (Phi) is 4.11. The van der Waals surface area contributed by atoms with Crippen LogP contribution in [0.15, 0.2) is 0 Å². The van der Waals surface area contributed by atoms with Crippen molar-refractivity contribution in [1.29, 1.82) is 0 Å². The Morgan fingerprint density at radius 2 is 2.23 bits per heavy atom. The van der Waals surface area contributed by atoms with E-state index in [1.54, 1.807) is 12.0 Å². The summed E-state index contributed by atoms with van der Waals surface area (Å²) in [6, 6.07) is -0.119. The second-order valence-electron chi connectivity index (χ2n) is 6.54. The van der Waals surface area contributed by atoms with Gasteiger partial charge < -0.3 is 19.2 Å². The summed E-state index contributed by atoms with van der Waals surface area (Å²) in [4.78, 5) is 21.9. The van der Waals surface area contributed by atoms with Crippen LogP contribution < -0.4 is 0 Å². The molecule has 0 bridgehead atoms. The van der Waals surface area contributed by atoms with Gasteiger partial charge in [0.2, 0.25) is 0 Å². The highest BCUT2D eigenvalue weighted by Gasteiger charge is 2.51. The number of aromatic nitrogens is 2. The standard InChI is InChI=1S/C14H20IN3O4/c1-14(2,3)22-13(19)18-6-8-7(16-12(15)17-8)5-9(18)10-11(20-4)21-10/h9-11H,5-6H2,1-4H3,(H,16,17). The van der Waals surface area contributed by atoms with Crippen LogP contribution >= 0.6 is 22.6 Å². The molecular formula is C14H20IN3O4. The molecule has 7 nitrogen and oxygen atoms in total. The minimum Gasteiger partial charge on any atom is -0.444 e. The Morgan fingerprint density at radius 3 is 2.82 bits per heavy atom. The maximum Gasteiger partial charge on any atom is 0.410 e. The van der Waals surface area contributed by atoms with Gasteiger partial charge in [0.1, 0.15) is 11.7 Å². The summed E-state index contributed by atoms with van der Waals surface area (Å²) < 4.78 is 17.1. The van der Waals surface area contributed by atoms with Crippen molar-refractivity contribution in [1.82, 2.24) is 14.9 Å². The van der Waals surface area contributed by atoms with Crippen molar-refractivity contribution in [3.8, 4) is 0 Å². The number of halogens is 1. The lowest BCUT2D eigenvalue weighted by Crippen LogP contribution is -2.49. The van der Waals surface area contributed by atoms with E-state index in [4.69, 9.17) is 14.2 Å². The van der Waals surface area contributed by atoms with E-state index in [1.165, 1.54) is 0 Å². The molecule has 3 unspecified atom stereocenters. The Hall–Kier alpha value is -0.870. The number of rotatable bonds is 2. The van der Waals surface area contributed by atoms with Crippen LogP contribution in [0.4, 0.5) is 4.79 Å². The summed E-state index contributed by atoms with van der Waals surface area (Å²) in [5.41, 5.74) is 1.41. The van der Waals surface area contributed by atoms with Crippen LogP contribution in [0.5, 0.6) is 0 Å². The van der Waals surface area contributed by atoms with Crippen molar-refractivity contribution in [2.75, 3.05) is 7.11 Å². The normalized spacial score (nSPS) is 27.5. The number of H-pyrrole nitrogens is 1. The Labute approximate surface area is 142 Å². The summed E-state index contributed by atoms with van der Waals surface area (Å²) in [7, 11) is 1.61. The number of ether oxygens (including phenoxy) is 3. The van der Waals surface area contributed by atoms with Crippen molar-refractivity contribution in [3.63, 3.8) is 0 Å². The molecule has 0 radical (unpaired) electrons. The van der Waals surface area contributed by atoms with E-state index in [-0.39, 0.29) is 24.5 Å². The number of fused-ring (bicyclic) bond motifs is 1. The third kappa shape index (κ3) is 3.23. The summed E-state index contributed by atoms with van der Waals surface area (Å²) in [6.07, 6.45) is -0.0776. The monoisotopic (exact) mass is 421 g/mol. The van der Waals surface area contributed by atoms with E-state index in [1.807, 2.05) is 20.8 Å². The number of carbonyl (C=O) groups is 1. The molecule has 1 saturated heterocycles. The molecule has 0 spiro atoms. The van der Waals surface area contributed by atoms with E-state index in [9.17, 15) is 4.79 Å². The van der Waals surface area contributed by atoms with Crippen LogP contribution in [0.2, 0.25) is 0 Å². The van der Waals surface area contributed by atoms with E-state index in [0.29, 0.717) is 13.0 Å². The van der Waals surface area contributed by atoms with Gasteiger partial charge in [0.25, 0.3) is 0 Å². The smallest absolute Gasteiger partial charge is 0.410 e. The zero-order valence-electron chi connectivity index (χ0n) is 13.1. The van der Waals surface area contributed by atoms with Gasteiger partial charge >= 0.3 is 6.09 Å². The van der Waals surface area contributed by atoms with Crippen LogP contribution in [0.25, 0.3) is 0 Å². The van der Waals surface area contributed by atoms with Gasteiger partial charge in [0, 0.05) is 13.5 Å². The molecule has 1 aromatic rings. The topological polar surface area (TPSA) is 80.0 Å². The summed E-state index contributed by atoms with van der Waals surface area (Å²) >= 11 is 2.14. The lowest BCUT2D eigenvalue weighted by atomic mass is 10.0. The van der Waals surface area contributed by atoms with E-state index >= 15 is 0 Å². The van der Waals surface area contributed by atoms with Crippen molar-refractivity contribution in [3.05, 3.63) is 15.2 Å². The Balaban J connectivity index is 1.83. The molecule has 1 N–H and O–H groups in total. The number of aromatic amines is 1. The largest absolute Gasteiger partial charge is 0.444 e. The minimum absolute atomic E-state index is 0.119. The van der Waals surface area contributed by atoms with E-state index < -0.39 is 5.60 Å². The SMILES string of the molecule is COC1OC1C1Cc2nc(I)[nH]c2CN1C(=O)OC(C)(C)C. The average Bonchev–Trinajstić information content (AvgIpc) is 3.09. The first-order chi connectivity index (χ1) is 10.3. The highest BCUT2D eigenvalue weighted by molar-refractivity contribution is 14.1. The van der Waals surface area contributed by atoms with Crippen LogP contribution in [-0.4, -0.2) is 52.1 Å². The molecule has 0 aromatic carbocycles. The lowest BCUT2D eigenvalue weighted by molar-refractivity contribution is 0.00807. The second kappa shape index (κ2) is 5.64. The molecule has 3 heterocycles. The zero-order chi connectivity index (χ0) is 16.1. The van der Waals surface area contributed by atoms with Crippen LogP contribution in [0.3, 0.4) is 0 Å². The Morgan fingerprint density at radius 1 is 1.50 bits per heavy atom. The number of epoxide rings is 1. The highest BCUT2D eigenvalue weighted by atomic mass is 127. The van der Waals surface area contributed by atoms with Crippen LogP contribution in [-0.2, 0) is 27.2 Å². The van der Waals surface area contributed by atoms with Gasteiger partial charge in [-0.3, -0.25) is 4.90 Å². The van der Waals surface area contributed by atoms with Crippen molar-refractivity contribution in [2.24, 2.45) is 0 Å². The van der Waals surface area contributed by atoms with Gasteiger partial charge in [-0.1, -0.05) is 0 Å². The number of methoxy groups -OCH3 is 1. The minimum atomic E-state index is -0.532. The maximum absolute atomic E-state index is 12.5. The molecule has 22 heavy (non-hydrogen) atoms. The summed E-state index contributed by atoms with van der Waals surface area (Å²) in [5, 5.41) is 0. The third-order valence-corrected chi connectivity index (χ3v) is 4.20. The van der Waals surface area contributed by atoms with E-state index in [2.05, 4.69) is 32.6 Å². The van der Waals surface area contributed by atoms with Gasteiger partial charge in [-0.05, 0) is 43.4 Å². The quantitative estimate of drug-likeness (QED) is 0.584. The molecule has 1 fully saturated rings. The number of imidazole rings is 1. The number of hydrogen-bond donors (Lipinski definition) is 1. The highest BCUT2D eigenvalue weighted by Crippen LogP contribution is 2.35. The fourth-order valence-corrected chi connectivity index (χ4v) is 3.31. The van der Waals surface area contributed by atoms with Crippen molar-refractivity contribution in [2.45, 2.75) is 57.8 Å². The van der Waals surface area contributed by atoms with Crippen LogP contribution in [0.1, 0.15) is 32.2 Å². The molecule has 0 aliphatic carbocycles. The maximum atomic E-state index is 12.5. The number of hydrogen-bond acceptors (Lipinski definition) is 5. The summed E-state index contributed by atoms with van der Waals surface area (Å²) in [5.74, 6) is 0. The number of amides is 1. The summed E-state index contributed by atoms with van der Waals surface area (Å²) in [6.45, 7) is 6.03. The first-order valence-corrected chi connectivity index (χ1v) is 8.27. The average molecular weight is 421 g/mol. The molecule has 1 aromatic heterocycles. The molecule has 0 saturated carbocycles. The van der Waals surface area contributed by atoms with Gasteiger partial charge in [-0.15, -0.1) is 0 Å². The molecule has 3 rings (SSSR count). The van der Waals surface area contributed by atoms with Gasteiger partial charge in [-0.25, -0.2) is 9.78 Å².